The molecule has 0 saturated heterocycles. The van der Waals surface area contributed by atoms with Gasteiger partial charge in [0.2, 0.25) is 0 Å². The smallest absolute Gasteiger partial charge is 0.151 e. The predicted molar refractivity (Wildman–Crippen MR) is 92.5 cm³/mol. The summed E-state index contributed by atoms with van der Waals surface area (Å²) in [4.78, 5) is 4.38. The van der Waals surface area contributed by atoms with Crippen LogP contribution in [0.25, 0.3) is 11.3 Å². The van der Waals surface area contributed by atoms with Gasteiger partial charge in [-0.2, -0.15) is 0 Å². The minimum atomic E-state index is -3.12. The van der Waals surface area contributed by atoms with Gasteiger partial charge < -0.3 is 10.8 Å². The second-order valence-corrected chi connectivity index (χ2v) is 8.04. The number of nitrogens with two attached hydrogens (primary N) is 1. The molecule has 1 aliphatic carbocycles. The van der Waals surface area contributed by atoms with Crippen LogP contribution in [-0.2, 0) is 15.6 Å². The lowest BCUT2D eigenvalue weighted by molar-refractivity contribution is 0.477. The summed E-state index contributed by atoms with van der Waals surface area (Å²) in [5, 5.41) is 10.0. The number of hydrogen-bond acceptors (Lipinski definition) is 5. The van der Waals surface area contributed by atoms with Crippen molar-refractivity contribution in [1.29, 1.82) is 0 Å². The summed E-state index contributed by atoms with van der Waals surface area (Å²) < 4.78 is 22.8. The van der Waals surface area contributed by atoms with Gasteiger partial charge in [0.05, 0.1) is 11.4 Å². The lowest BCUT2D eigenvalue weighted by Gasteiger charge is -2.08. The highest BCUT2D eigenvalue weighted by Gasteiger charge is 2.34. The molecular weight excluding hydrogens is 336 g/mol. The Kier molecular flexibility index (Phi) is 4.98. The van der Waals surface area contributed by atoms with E-state index in [1.807, 2.05) is 12.1 Å². The van der Waals surface area contributed by atoms with E-state index < -0.39 is 9.84 Å². The van der Waals surface area contributed by atoms with E-state index in [2.05, 4.69) is 4.98 Å². The van der Waals surface area contributed by atoms with E-state index in [1.54, 1.807) is 18.3 Å². The first-order valence-electron chi connectivity index (χ1n) is 7.05. The fraction of sp³-hybridized carbons (Fsp3) is 0.312. The van der Waals surface area contributed by atoms with Crippen molar-refractivity contribution in [3.63, 3.8) is 0 Å². The number of benzene rings is 1. The van der Waals surface area contributed by atoms with E-state index in [-0.39, 0.29) is 30.0 Å². The van der Waals surface area contributed by atoms with Crippen LogP contribution in [0, 0.1) is 0 Å². The lowest BCUT2D eigenvalue weighted by atomic mass is 10.1. The second-order valence-electron chi connectivity index (χ2n) is 5.90. The van der Waals surface area contributed by atoms with Crippen molar-refractivity contribution in [2.75, 3.05) is 6.26 Å². The highest BCUT2D eigenvalue weighted by atomic mass is 35.5. The Hall–Kier alpha value is -1.63. The maximum absolute atomic E-state index is 11.4. The fourth-order valence-corrected chi connectivity index (χ4v) is 3.35. The first kappa shape index (κ1) is 17.7. The molecule has 1 saturated carbocycles. The zero-order valence-corrected chi connectivity index (χ0v) is 14.3. The van der Waals surface area contributed by atoms with Crippen LogP contribution >= 0.6 is 12.4 Å². The van der Waals surface area contributed by atoms with Crippen LogP contribution in [0.5, 0.6) is 5.75 Å². The van der Waals surface area contributed by atoms with Gasteiger partial charge in [-0.25, -0.2) is 8.42 Å². The Morgan fingerprint density at radius 1 is 1.30 bits per heavy atom. The van der Waals surface area contributed by atoms with Crippen LogP contribution in [-0.4, -0.2) is 30.8 Å². The Bertz CT molecular complexity index is 807. The third-order valence-corrected chi connectivity index (χ3v) is 4.68. The molecule has 1 aromatic heterocycles. The van der Waals surface area contributed by atoms with E-state index in [9.17, 15) is 13.5 Å². The monoisotopic (exact) mass is 354 g/mol. The van der Waals surface area contributed by atoms with Gasteiger partial charge in [-0.1, -0.05) is 12.1 Å². The van der Waals surface area contributed by atoms with Crippen LogP contribution in [0.1, 0.15) is 23.5 Å². The minimum absolute atomic E-state index is 0. The number of phenols is 1. The summed E-state index contributed by atoms with van der Waals surface area (Å²) >= 11 is 0. The first-order chi connectivity index (χ1) is 10.3. The van der Waals surface area contributed by atoms with Gasteiger partial charge in [0.25, 0.3) is 0 Å². The Morgan fingerprint density at radius 2 is 2.00 bits per heavy atom. The second kappa shape index (κ2) is 6.47. The fourth-order valence-electron chi connectivity index (χ4n) is 2.56. The van der Waals surface area contributed by atoms with Crippen molar-refractivity contribution in [3.05, 3.63) is 47.7 Å². The van der Waals surface area contributed by atoms with E-state index in [0.29, 0.717) is 22.7 Å². The van der Waals surface area contributed by atoms with Crippen molar-refractivity contribution in [1.82, 2.24) is 4.98 Å². The molecule has 3 rings (SSSR count). The van der Waals surface area contributed by atoms with Crippen LogP contribution < -0.4 is 5.73 Å². The number of rotatable bonds is 4. The lowest BCUT2D eigenvalue weighted by Crippen LogP contribution is -2.01. The molecule has 3 N–H and O–H groups in total. The molecule has 2 aromatic rings. The van der Waals surface area contributed by atoms with Crippen LogP contribution in [0.15, 0.2) is 36.5 Å². The molecule has 124 valence electrons. The molecule has 0 unspecified atom stereocenters. The van der Waals surface area contributed by atoms with Crippen molar-refractivity contribution < 1.29 is 13.5 Å². The predicted octanol–water partition coefficient (Wildman–Crippen LogP) is 2.24. The quantitative estimate of drug-likeness (QED) is 0.878. The molecule has 0 radical (unpaired) electrons. The third kappa shape index (κ3) is 4.22. The van der Waals surface area contributed by atoms with E-state index in [0.717, 1.165) is 12.0 Å². The number of phenolic OH excluding ortho intramolecular Hbond substituents is 1. The van der Waals surface area contributed by atoms with Gasteiger partial charge in [-0.3, -0.25) is 4.98 Å². The average Bonchev–Trinajstić information content (AvgIpc) is 3.17. The zero-order valence-electron chi connectivity index (χ0n) is 12.6. The maximum Gasteiger partial charge on any atom is 0.151 e. The van der Waals surface area contributed by atoms with Gasteiger partial charge in [0.1, 0.15) is 5.75 Å². The summed E-state index contributed by atoms with van der Waals surface area (Å²) in [6.45, 7) is 0. The molecule has 23 heavy (non-hydrogen) atoms. The van der Waals surface area contributed by atoms with Crippen LogP contribution in [0.2, 0.25) is 0 Å². The number of aromatic nitrogens is 1. The summed E-state index contributed by atoms with van der Waals surface area (Å²) in [6, 6.07) is 8.79. The summed E-state index contributed by atoms with van der Waals surface area (Å²) in [7, 11) is -3.12. The SMILES string of the molecule is CS(=O)(=O)Cc1ccc(O)c(-c2ccc([C@H]3C[C@@H]3N)cn2)c1.Cl. The van der Waals surface area contributed by atoms with Crippen molar-refractivity contribution in [2.24, 2.45) is 5.73 Å². The molecule has 0 aliphatic heterocycles. The minimum Gasteiger partial charge on any atom is -0.507 e. The van der Waals surface area contributed by atoms with Gasteiger partial charge in [-0.15, -0.1) is 12.4 Å². The van der Waals surface area contributed by atoms with E-state index >= 15 is 0 Å². The Labute approximate surface area is 141 Å². The normalized spacial score (nSPS) is 19.9. The molecule has 0 amide bonds. The van der Waals surface area contributed by atoms with Gasteiger partial charge in [0.15, 0.2) is 9.84 Å². The molecule has 2 atom stereocenters. The van der Waals surface area contributed by atoms with Gasteiger partial charge in [0, 0.05) is 30.0 Å². The zero-order chi connectivity index (χ0) is 15.9. The van der Waals surface area contributed by atoms with Crippen LogP contribution in [0.4, 0.5) is 0 Å². The Morgan fingerprint density at radius 3 is 2.52 bits per heavy atom. The van der Waals surface area contributed by atoms with Crippen molar-refractivity contribution in [3.8, 4) is 17.0 Å². The van der Waals surface area contributed by atoms with Gasteiger partial charge >= 0.3 is 0 Å². The summed E-state index contributed by atoms with van der Waals surface area (Å²) in [5.74, 6) is 0.405. The molecule has 7 heteroatoms. The number of pyridine rings is 1. The molecule has 1 aromatic carbocycles. The number of nitrogens with zero attached hydrogens (tertiary/aromatic N) is 1. The summed E-state index contributed by atoms with van der Waals surface area (Å²) in [6.07, 6.45) is 3.94. The number of sulfone groups is 1. The molecule has 1 heterocycles. The molecule has 0 spiro atoms. The molecule has 1 aliphatic rings. The Balaban J connectivity index is 0.00000192. The largest absolute Gasteiger partial charge is 0.507 e. The maximum atomic E-state index is 11.4. The van der Waals surface area contributed by atoms with Crippen molar-refractivity contribution >= 4 is 22.2 Å². The molecule has 5 nitrogen and oxygen atoms in total. The molecular formula is C16H19ClN2O3S. The number of aromatic hydroxyl groups is 1. The van der Waals surface area contributed by atoms with Gasteiger partial charge in [-0.05, 0) is 35.7 Å². The number of halogens is 1. The molecule has 0 bridgehead atoms. The van der Waals surface area contributed by atoms with Crippen LogP contribution in [0.3, 0.4) is 0 Å². The number of hydrogen-bond donors (Lipinski definition) is 2. The highest BCUT2D eigenvalue weighted by Crippen LogP contribution is 2.39. The van der Waals surface area contributed by atoms with Crippen molar-refractivity contribution in [2.45, 2.75) is 24.1 Å². The van der Waals surface area contributed by atoms with E-state index in [1.165, 1.54) is 12.3 Å². The third-order valence-electron chi connectivity index (χ3n) is 3.82. The topological polar surface area (TPSA) is 93.3 Å². The highest BCUT2D eigenvalue weighted by molar-refractivity contribution is 7.89. The van der Waals surface area contributed by atoms with E-state index in [4.69, 9.17) is 5.73 Å². The summed E-state index contributed by atoms with van der Waals surface area (Å²) in [5.41, 5.74) is 8.71. The molecule has 1 fully saturated rings. The first-order valence-corrected chi connectivity index (χ1v) is 9.11. The standard InChI is InChI=1S/C16H18N2O3S.ClH/c1-22(20,21)9-10-2-5-16(19)13(6-10)15-4-3-11(8-18-15)12-7-14(12)17;/h2-6,8,12,14,19H,7,9,17H2,1H3;1H/t12-,14+;/m1./s1. The average molecular weight is 355 g/mol.